The van der Waals surface area contributed by atoms with E-state index in [9.17, 15) is 9.59 Å². The summed E-state index contributed by atoms with van der Waals surface area (Å²) in [6.45, 7) is 1.70. The standard InChI is InChI=1S/C9H14N2O2/c1-6-7(12)11-9(8(13)10-6)4-2-3-5-9/h6H,2-5H2,1H3,(H,10,13)(H,11,12). The first kappa shape index (κ1) is 8.53. The van der Waals surface area contributed by atoms with Crippen molar-refractivity contribution in [3.05, 3.63) is 0 Å². The van der Waals surface area contributed by atoms with Crippen molar-refractivity contribution < 1.29 is 9.59 Å². The van der Waals surface area contributed by atoms with Gasteiger partial charge < -0.3 is 10.6 Å². The van der Waals surface area contributed by atoms with Gasteiger partial charge in [0.15, 0.2) is 0 Å². The molecule has 1 aliphatic carbocycles. The number of hydrogen-bond donors (Lipinski definition) is 2. The van der Waals surface area contributed by atoms with E-state index in [0.29, 0.717) is 0 Å². The van der Waals surface area contributed by atoms with Crippen LogP contribution in [0.3, 0.4) is 0 Å². The minimum atomic E-state index is -0.566. The maximum atomic E-state index is 11.6. The van der Waals surface area contributed by atoms with Crippen molar-refractivity contribution in [2.45, 2.75) is 44.2 Å². The Morgan fingerprint density at radius 3 is 2.54 bits per heavy atom. The molecule has 1 unspecified atom stereocenters. The van der Waals surface area contributed by atoms with Crippen molar-refractivity contribution in [1.29, 1.82) is 0 Å². The van der Waals surface area contributed by atoms with Gasteiger partial charge in [0.1, 0.15) is 11.6 Å². The molecule has 0 aromatic heterocycles. The maximum absolute atomic E-state index is 11.6. The molecular formula is C9H14N2O2. The van der Waals surface area contributed by atoms with Gasteiger partial charge >= 0.3 is 0 Å². The van der Waals surface area contributed by atoms with E-state index < -0.39 is 5.54 Å². The van der Waals surface area contributed by atoms with Gasteiger partial charge in [-0.05, 0) is 19.8 Å². The van der Waals surface area contributed by atoms with Crippen molar-refractivity contribution >= 4 is 11.8 Å². The second kappa shape index (κ2) is 2.72. The van der Waals surface area contributed by atoms with Gasteiger partial charge in [0.25, 0.3) is 0 Å². The van der Waals surface area contributed by atoms with Crippen molar-refractivity contribution in [3.63, 3.8) is 0 Å². The largest absolute Gasteiger partial charge is 0.343 e. The molecule has 2 N–H and O–H groups in total. The van der Waals surface area contributed by atoms with E-state index in [1.807, 2.05) is 0 Å². The Kier molecular flexibility index (Phi) is 1.78. The summed E-state index contributed by atoms with van der Waals surface area (Å²) in [6, 6.07) is -0.376. The fraction of sp³-hybridized carbons (Fsp3) is 0.778. The summed E-state index contributed by atoms with van der Waals surface area (Å²) in [5, 5.41) is 5.55. The average Bonchev–Trinajstić information content (AvgIpc) is 2.51. The predicted molar refractivity (Wildman–Crippen MR) is 46.9 cm³/mol. The van der Waals surface area contributed by atoms with Crippen LogP contribution in [0.15, 0.2) is 0 Å². The van der Waals surface area contributed by atoms with E-state index in [1.165, 1.54) is 0 Å². The smallest absolute Gasteiger partial charge is 0.246 e. The molecule has 1 saturated carbocycles. The Balaban J connectivity index is 2.20. The highest BCUT2D eigenvalue weighted by molar-refractivity contribution is 5.99. The third-order valence-corrected chi connectivity index (χ3v) is 3.00. The highest BCUT2D eigenvalue weighted by atomic mass is 16.2. The van der Waals surface area contributed by atoms with Crippen molar-refractivity contribution in [3.8, 4) is 0 Å². The van der Waals surface area contributed by atoms with Gasteiger partial charge in [-0.1, -0.05) is 12.8 Å². The second-order valence-electron chi connectivity index (χ2n) is 3.97. The van der Waals surface area contributed by atoms with E-state index in [2.05, 4.69) is 10.6 Å². The van der Waals surface area contributed by atoms with Crippen LogP contribution in [-0.4, -0.2) is 23.4 Å². The molecule has 2 amide bonds. The van der Waals surface area contributed by atoms with Crippen LogP contribution in [0.4, 0.5) is 0 Å². The lowest BCUT2D eigenvalue weighted by atomic mass is 9.93. The number of carbonyl (C=O) groups excluding carboxylic acids is 2. The lowest BCUT2D eigenvalue weighted by Crippen LogP contribution is -2.67. The summed E-state index contributed by atoms with van der Waals surface area (Å²) in [7, 11) is 0. The van der Waals surface area contributed by atoms with Crippen LogP contribution in [0.5, 0.6) is 0 Å². The van der Waals surface area contributed by atoms with E-state index >= 15 is 0 Å². The molecule has 1 heterocycles. The molecular weight excluding hydrogens is 168 g/mol. The van der Waals surface area contributed by atoms with Crippen LogP contribution in [0, 0.1) is 0 Å². The number of piperazine rings is 1. The zero-order valence-corrected chi connectivity index (χ0v) is 7.72. The van der Waals surface area contributed by atoms with E-state index in [0.717, 1.165) is 25.7 Å². The zero-order valence-electron chi connectivity index (χ0n) is 7.72. The van der Waals surface area contributed by atoms with Gasteiger partial charge in [0.05, 0.1) is 0 Å². The number of amides is 2. The molecule has 2 rings (SSSR count). The van der Waals surface area contributed by atoms with Gasteiger partial charge in [-0.3, -0.25) is 9.59 Å². The summed E-state index contributed by atoms with van der Waals surface area (Å²) in [5.74, 6) is -0.0569. The lowest BCUT2D eigenvalue weighted by Gasteiger charge is -2.36. The summed E-state index contributed by atoms with van der Waals surface area (Å²) in [5.41, 5.74) is -0.566. The molecule has 1 spiro atoms. The van der Waals surface area contributed by atoms with Crippen LogP contribution in [0.2, 0.25) is 0 Å². The Bertz CT molecular complexity index is 256. The molecule has 2 aliphatic rings. The summed E-state index contributed by atoms with van der Waals surface area (Å²) in [6.07, 6.45) is 3.64. The zero-order chi connectivity index (χ0) is 9.47. The molecule has 72 valence electrons. The Labute approximate surface area is 77.1 Å². The lowest BCUT2D eigenvalue weighted by molar-refractivity contribution is -0.141. The van der Waals surface area contributed by atoms with Gasteiger partial charge in [0, 0.05) is 0 Å². The minimum Gasteiger partial charge on any atom is -0.343 e. The molecule has 4 nitrogen and oxygen atoms in total. The van der Waals surface area contributed by atoms with Crippen LogP contribution in [0.25, 0.3) is 0 Å². The van der Waals surface area contributed by atoms with Crippen LogP contribution >= 0.6 is 0 Å². The number of nitrogens with one attached hydrogen (secondary N) is 2. The predicted octanol–water partition coefficient (Wildman–Crippen LogP) is -0.0663. The highest BCUT2D eigenvalue weighted by Crippen LogP contribution is 2.31. The minimum absolute atomic E-state index is 0.00269. The second-order valence-corrected chi connectivity index (χ2v) is 3.97. The first-order valence-corrected chi connectivity index (χ1v) is 4.77. The SMILES string of the molecule is CC1NC(=O)C2(CCCC2)NC1=O. The quantitative estimate of drug-likeness (QED) is 0.551. The molecule has 1 atom stereocenters. The van der Waals surface area contributed by atoms with E-state index in [1.54, 1.807) is 6.92 Å². The maximum Gasteiger partial charge on any atom is 0.246 e. The van der Waals surface area contributed by atoms with Gasteiger partial charge in [-0.25, -0.2) is 0 Å². The first-order valence-electron chi connectivity index (χ1n) is 4.77. The van der Waals surface area contributed by atoms with Gasteiger partial charge in [-0.2, -0.15) is 0 Å². The third kappa shape index (κ3) is 1.20. The fourth-order valence-electron chi connectivity index (χ4n) is 2.13. The van der Waals surface area contributed by atoms with E-state index in [-0.39, 0.29) is 17.9 Å². The van der Waals surface area contributed by atoms with Crippen LogP contribution < -0.4 is 10.6 Å². The van der Waals surface area contributed by atoms with E-state index in [4.69, 9.17) is 0 Å². The molecule has 1 saturated heterocycles. The van der Waals surface area contributed by atoms with Gasteiger partial charge in [-0.15, -0.1) is 0 Å². The molecule has 13 heavy (non-hydrogen) atoms. The van der Waals surface area contributed by atoms with Crippen molar-refractivity contribution in [2.75, 3.05) is 0 Å². The average molecular weight is 182 g/mol. The number of hydrogen-bond acceptors (Lipinski definition) is 2. The van der Waals surface area contributed by atoms with Crippen molar-refractivity contribution in [1.82, 2.24) is 10.6 Å². The third-order valence-electron chi connectivity index (χ3n) is 3.00. The normalized spacial score (nSPS) is 31.6. The first-order chi connectivity index (χ1) is 6.14. The van der Waals surface area contributed by atoms with Crippen LogP contribution in [-0.2, 0) is 9.59 Å². The molecule has 2 fully saturated rings. The Hall–Kier alpha value is -1.06. The Morgan fingerprint density at radius 1 is 1.31 bits per heavy atom. The monoisotopic (exact) mass is 182 g/mol. The molecule has 1 aliphatic heterocycles. The molecule has 0 radical (unpaired) electrons. The summed E-state index contributed by atoms with van der Waals surface area (Å²) in [4.78, 5) is 23.0. The Morgan fingerprint density at radius 2 is 1.92 bits per heavy atom. The summed E-state index contributed by atoms with van der Waals surface area (Å²) >= 11 is 0. The number of rotatable bonds is 0. The molecule has 0 aromatic rings. The topological polar surface area (TPSA) is 58.2 Å². The molecule has 0 bridgehead atoms. The molecule has 4 heteroatoms. The van der Waals surface area contributed by atoms with Crippen molar-refractivity contribution in [2.24, 2.45) is 0 Å². The highest BCUT2D eigenvalue weighted by Gasteiger charge is 2.46. The van der Waals surface area contributed by atoms with Crippen LogP contribution in [0.1, 0.15) is 32.6 Å². The van der Waals surface area contributed by atoms with Gasteiger partial charge in [0.2, 0.25) is 11.8 Å². The fourth-order valence-corrected chi connectivity index (χ4v) is 2.13. The molecule has 0 aromatic carbocycles. The summed E-state index contributed by atoms with van der Waals surface area (Å²) < 4.78 is 0. The number of carbonyl (C=O) groups is 2.